The molecule has 0 amide bonds. The van der Waals surface area contributed by atoms with Gasteiger partial charge in [-0.3, -0.25) is 4.90 Å². The van der Waals surface area contributed by atoms with E-state index in [1.165, 1.54) is 18.3 Å². The molecule has 4 heterocycles. The van der Waals surface area contributed by atoms with Crippen LogP contribution in [0.5, 0.6) is 5.75 Å². The standard InChI is InChI=1S/C30H28F2N6O2/c1-4-24-26(31)11-20(12-27(24)32)17-36-7-9-37(10-8-36)28-6-5-21(15-34-28)25-13-23(40-19-30(2,3)39)18-38-29(25)22(14-33)16-35-38/h1,5-6,11-13,15-16,18,39H,7-10,17,19H2,2-3H3. The molecular formula is C30H28F2N6O2. The van der Waals surface area contributed by atoms with Gasteiger partial charge in [-0.25, -0.2) is 18.3 Å². The van der Waals surface area contributed by atoms with Crippen LogP contribution in [0.15, 0.2) is 48.9 Å². The van der Waals surface area contributed by atoms with Crippen LogP contribution in [0.2, 0.25) is 0 Å². The van der Waals surface area contributed by atoms with Crippen molar-refractivity contribution >= 4 is 11.3 Å². The number of rotatable bonds is 7. The van der Waals surface area contributed by atoms with E-state index in [0.29, 0.717) is 55.1 Å². The minimum Gasteiger partial charge on any atom is -0.489 e. The first-order valence-corrected chi connectivity index (χ1v) is 12.8. The van der Waals surface area contributed by atoms with Crippen LogP contribution in [-0.4, -0.2) is 63.0 Å². The van der Waals surface area contributed by atoms with E-state index in [0.717, 1.165) is 16.9 Å². The fourth-order valence-corrected chi connectivity index (χ4v) is 4.72. The van der Waals surface area contributed by atoms with E-state index < -0.39 is 17.2 Å². The number of piperazine rings is 1. The van der Waals surface area contributed by atoms with Gasteiger partial charge in [-0.15, -0.1) is 6.42 Å². The molecule has 8 nitrogen and oxygen atoms in total. The highest BCUT2D eigenvalue weighted by Crippen LogP contribution is 2.32. The normalized spacial score (nSPS) is 14.2. The summed E-state index contributed by atoms with van der Waals surface area (Å²) in [4.78, 5) is 8.97. The summed E-state index contributed by atoms with van der Waals surface area (Å²) >= 11 is 0. The second-order valence-electron chi connectivity index (χ2n) is 10.4. The smallest absolute Gasteiger partial charge is 0.142 e. The molecule has 204 valence electrons. The SMILES string of the molecule is C#Cc1c(F)cc(CN2CCN(c3ccc(-c4cc(OCC(C)(C)O)cn5ncc(C#N)c45)cn3)CC2)cc1F. The maximum Gasteiger partial charge on any atom is 0.142 e. The van der Waals surface area contributed by atoms with Crippen LogP contribution >= 0.6 is 0 Å². The predicted molar refractivity (Wildman–Crippen MR) is 147 cm³/mol. The molecular weight excluding hydrogens is 514 g/mol. The molecule has 0 saturated carbocycles. The van der Waals surface area contributed by atoms with Crippen molar-refractivity contribution in [3.63, 3.8) is 0 Å². The van der Waals surface area contributed by atoms with Crippen molar-refractivity contribution in [2.75, 3.05) is 37.7 Å². The van der Waals surface area contributed by atoms with Crippen LogP contribution in [0.3, 0.4) is 0 Å². The molecule has 1 aliphatic heterocycles. The number of fused-ring (bicyclic) bond motifs is 1. The molecule has 1 N–H and O–H groups in total. The van der Waals surface area contributed by atoms with Gasteiger partial charge in [-0.2, -0.15) is 10.4 Å². The topological polar surface area (TPSA) is 89.9 Å². The van der Waals surface area contributed by atoms with Crippen LogP contribution in [-0.2, 0) is 6.54 Å². The lowest BCUT2D eigenvalue weighted by atomic mass is 10.1. The second-order valence-corrected chi connectivity index (χ2v) is 10.4. The number of halogens is 2. The van der Waals surface area contributed by atoms with Crippen molar-refractivity contribution in [3.8, 4) is 35.3 Å². The van der Waals surface area contributed by atoms with Crippen molar-refractivity contribution in [2.45, 2.75) is 26.0 Å². The second kappa shape index (κ2) is 10.9. The lowest BCUT2D eigenvalue weighted by molar-refractivity contribution is 0.0283. The molecule has 0 atom stereocenters. The van der Waals surface area contributed by atoms with Gasteiger partial charge in [0.1, 0.15) is 35.9 Å². The molecule has 3 aromatic heterocycles. The molecule has 4 aromatic rings. The quantitative estimate of drug-likeness (QED) is 0.353. The van der Waals surface area contributed by atoms with Crippen LogP contribution in [0.25, 0.3) is 16.6 Å². The van der Waals surface area contributed by atoms with Gasteiger partial charge in [0.15, 0.2) is 0 Å². The van der Waals surface area contributed by atoms with Crippen molar-refractivity contribution in [2.24, 2.45) is 0 Å². The molecule has 5 rings (SSSR count). The van der Waals surface area contributed by atoms with Gasteiger partial charge >= 0.3 is 0 Å². The molecule has 0 unspecified atom stereocenters. The van der Waals surface area contributed by atoms with E-state index in [1.807, 2.05) is 24.1 Å². The van der Waals surface area contributed by atoms with Gasteiger partial charge in [0, 0.05) is 50.0 Å². The Labute approximate surface area is 231 Å². The van der Waals surface area contributed by atoms with Gasteiger partial charge in [0.05, 0.1) is 34.6 Å². The average Bonchev–Trinajstić information content (AvgIpc) is 3.35. The zero-order chi connectivity index (χ0) is 28.4. The number of hydrogen-bond acceptors (Lipinski definition) is 7. The lowest BCUT2D eigenvalue weighted by Gasteiger charge is -2.35. The van der Waals surface area contributed by atoms with E-state index in [2.05, 4.69) is 26.0 Å². The zero-order valence-electron chi connectivity index (χ0n) is 22.2. The van der Waals surface area contributed by atoms with Crippen LogP contribution in [0, 0.1) is 35.3 Å². The number of aromatic nitrogens is 3. The predicted octanol–water partition coefficient (Wildman–Crippen LogP) is 4.00. The van der Waals surface area contributed by atoms with Crippen molar-refractivity contribution in [1.82, 2.24) is 19.5 Å². The first-order chi connectivity index (χ1) is 19.1. The van der Waals surface area contributed by atoms with Gasteiger partial charge in [0.2, 0.25) is 0 Å². The highest BCUT2D eigenvalue weighted by Gasteiger charge is 2.21. The summed E-state index contributed by atoms with van der Waals surface area (Å²) in [7, 11) is 0. The number of aliphatic hydroxyl groups is 1. The van der Waals surface area contributed by atoms with Crippen molar-refractivity contribution < 1.29 is 18.6 Å². The van der Waals surface area contributed by atoms with Crippen molar-refractivity contribution in [1.29, 1.82) is 5.26 Å². The van der Waals surface area contributed by atoms with Gasteiger partial charge in [-0.1, -0.05) is 5.92 Å². The highest BCUT2D eigenvalue weighted by molar-refractivity contribution is 5.85. The Morgan fingerprint density at radius 3 is 2.42 bits per heavy atom. The summed E-state index contributed by atoms with van der Waals surface area (Å²) in [6, 6.07) is 10.5. The molecule has 0 radical (unpaired) electrons. The number of benzene rings is 1. The summed E-state index contributed by atoms with van der Waals surface area (Å²) in [5, 5.41) is 24.0. The van der Waals surface area contributed by atoms with Crippen LogP contribution in [0.1, 0.15) is 30.5 Å². The Morgan fingerprint density at radius 1 is 1.10 bits per heavy atom. The number of nitriles is 1. The minimum atomic E-state index is -1.01. The number of nitrogens with zero attached hydrogens (tertiary/aromatic N) is 6. The number of ether oxygens (including phenoxy) is 1. The summed E-state index contributed by atoms with van der Waals surface area (Å²) in [5.74, 6) is 1.92. The number of pyridine rings is 2. The number of anilines is 1. The monoisotopic (exact) mass is 542 g/mol. The third-order valence-electron chi connectivity index (χ3n) is 6.71. The number of hydrogen-bond donors (Lipinski definition) is 1. The van der Waals surface area contributed by atoms with Crippen LogP contribution < -0.4 is 9.64 Å². The fraction of sp³-hybridized carbons (Fsp3) is 0.300. The van der Waals surface area contributed by atoms with E-state index >= 15 is 0 Å². The largest absolute Gasteiger partial charge is 0.489 e. The zero-order valence-corrected chi connectivity index (χ0v) is 22.2. The van der Waals surface area contributed by atoms with E-state index in [4.69, 9.17) is 11.2 Å². The Bertz CT molecular complexity index is 1600. The minimum absolute atomic E-state index is 0.0909. The summed E-state index contributed by atoms with van der Waals surface area (Å²) < 4.78 is 35.5. The van der Waals surface area contributed by atoms with E-state index in [9.17, 15) is 19.1 Å². The average molecular weight is 543 g/mol. The molecule has 40 heavy (non-hydrogen) atoms. The van der Waals surface area contributed by atoms with Gasteiger partial charge in [-0.05, 0) is 49.7 Å². The summed E-state index contributed by atoms with van der Waals surface area (Å²) in [6.45, 7) is 6.64. The highest BCUT2D eigenvalue weighted by atomic mass is 19.1. The summed E-state index contributed by atoms with van der Waals surface area (Å²) in [6.07, 6.45) is 10.1. The molecule has 0 spiro atoms. The molecule has 0 aliphatic carbocycles. The maximum absolute atomic E-state index is 14.1. The number of terminal acetylenes is 1. The van der Waals surface area contributed by atoms with E-state index in [1.54, 1.807) is 30.8 Å². The Morgan fingerprint density at radius 2 is 1.82 bits per heavy atom. The van der Waals surface area contributed by atoms with Gasteiger partial charge < -0.3 is 14.7 Å². The third kappa shape index (κ3) is 5.74. The van der Waals surface area contributed by atoms with E-state index in [-0.39, 0.29) is 12.2 Å². The first-order valence-electron chi connectivity index (χ1n) is 12.8. The molecule has 1 fully saturated rings. The molecule has 0 bridgehead atoms. The third-order valence-corrected chi connectivity index (χ3v) is 6.71. The Balaban J connectivity index is 1.30. The Hall–Kier alpha value is -4.51. The molecule has 1 aromatic carbocycles. The molecule has 10 heteroatoms. The summed E-state index contributed by atoms with van der Waals surface area (Å²) in [5.41, 5.74) is 1.79. The lowest BCUT2D eigenvalue weighted by Crippen LogP contribution is -2.46. The van der Waals surface area contributed by atoms with Crippen LogP contribution in [0.4, 0.5) is 14.6 Å². The Kier molecular flexibility index (Phi) is 7.40. The molecule has 1 saturated heterocycles. The van der Waals surface area contributed by atoms with Crippen molar-refractivity contribution in [3.05, 3.63) is 77.2 Å². The van der Waals surface area contributed by atoms with Gasteiger partial charge in [0.25, 0.3) is 0 Å². The fourth-order valence-electron chi connectivity index (χ4n) is 4.72. The molecule has 1 aliphatic rings. The maximum atomic E-state index is 14.1. The first kappa shape index (κ1) is 27.1.